The summed E-state index contributed by atoms with van der Waals surface area (Å²) < 4.78 is 5.20. The third-order valence-electron chi connectivity index (χ3n) is 5.19. The van der Waals surface area contributed by atoms with E-state index < -0.39 is 0 Å². The Balaban J connectivity index is 1.31. The van der Waals surface area contributed by atoms with Gasteiger partial charge in [0.2, 0.25) is 0 Å². The summed E-state index contributed by atoms with van der Waals surface area (Å²) in [4.78, 5) is 13.5. The van der Waals surface area contributed by atoms with E-state index in [1.54, 1.807) is 4.90 Å². The van der Waals surface area contributed by atoms with Crippen molar-refractivity contribution in [2.75, 3.05) is 18.0 Å². The molecule has 0 radical (unpaired) electrons. The summed E-state index contributed by atoms with van der Waals surface area (Å²) in [6.45, 7) is 4.36. The highest BCUT2D eigenvalue weighted by atomic mass is 16.6. The van der Waals surface area contributed by atoms with E-state index in [4.69, 9.17) is 4.74 Å². The third-order valence-corrected chi connectivity index (χ3v) is 5.19. The van der Waals surface area contributed by atoms with Crippen LogP contribution in [0, 0.1) is 0 Å². The molecule has 1 saturated heterocycles. The first kappa shape index (κ1) is 19.2. The van der Waals surface area contributed by atoms with Crippen molar-refractivity contribution in [1.82, 2.24) is 5.32 Å². The van der Waals surface area contributed by atoms with Crippen LogP contribution in [0.1, 0.15) is 18.1 Å². The summed E-state index contributed by atoms with van der Waals surface area (Å²) in [5.41, 5.74) is 5.82. The van der Waals surface area contributed by atoms with Gasteiger partial charge in [0.25, 0.3) is 0 Å². The summed E-state index contributed by atoms with van der Waals surface area (Å²) in [7, 11) is 0. The van der Waals surface area contributed by atoms with Gasteiger partial charge in [-0.25, -0.2) is 4.79 Å². The number of benzene rings is 3. The van der Waals surface area contributed by atoms with Gasteiger partial charge < -0.3 is 10.1 Å². The lowest BCUT2D eigenvalue weighted by Gasteiger charge is -2.13. The third kappa shape index (κ3) is 4.84. The van der Waals surface area contributed by atoms with Crippen LogP contribution in [0.25, 0.3) is 11.1 Å². The molecule has 3 aromatic rings. The Morgan fingerprint density at radius 1 is 0.897 bits per heavy atom. The van der Waals surface area contributed by atoms with Gasteiger partial charge in [-0.15, -0.1) is 0 Å². The van der Waals surface area contributed by atoms with Gasteiger partial charge >= 0.3 is 6.09 Å². The Morgan fingerprint density at radius 2 is 1.55 bits per heavy atom. The minimum absolute atomic E-state index is 0.0584. The molecule has 4 heteroatoms. The molecule has 0 aliphatic carbocycles. The summed E-state index contributed by atoms with van der Waals surface area (Å²) in [5, 5.41) is 3.49. The van der Waals surface area contributed by atoms with E-state index in [-0.39, 0.29) is 12.2 Å². The van der Waals surface area contributed by atoms with Gasteiger partial charge in [-0.3, -0.25) is 4.90 Å². The second-order valence-corrected chi connectivity index (χ2v) is 7.46. The first-order valence-electron chi connectivity index (χ1n) is 10.1. The van der Waals surface area contributed by atoms with Gasteiger partial charge in [0, 0.05) is 12.2 Å². The van der Waals surface area contributed by atoms with Crippen LogP contribution >= 0.6 is 0 Å². The molecular formula is C25H26N2O2. The molecule has 3 aromatic carbocycles. The molecule has 1 aliphatic heterocycles. The molecule has 1 heterocycles. The molecule has 1 fully saturated rings. The van der Waals surface area contributed by atoms with Crippen molar-refractivity contribution in [3.8, 4) is 11.1 Å². The fraction of sp³-hybridized carbons (Fsp3) is 0.240. The van der Waals surface area contributed by atoms with Crippen molar-refractivity contribution >= 4 is 11.8 Å². The first-order chi connectivity index (χ1) is 14.2. The number of anilines is 1. The van der Waals surface area contributed by atoms with E-state index >= 15 is 0 Å². The second kappa shape index (κ2) is 8.93. The van der Waals surface area contributed by atoms with Gasteiger partial charge in [0.1, 0.15) is 6.10 Å². The second-order valence-electron chi connectivity index (χ2n) is 7.46. The van der Waals surface area contributed by atoms with Gasteiger partial charge in [0.15, 0.2) is 0 Å². The van der Waals surface area contributed by atoms with E-state index in [0.717, 1.165) is 30.8 Å². The highest BCUT2D eigenvalue weighted by Gasteiger charge is 2.29. The van der Waals surface area contributed by atoms with Crippen molar-refractivity contribution in [3.63, 3.8) is 0 Å². The summed E-state index contributed by atoms with van der Waals surface area (Å²) >= 11 is 0. The number of carbonyl (C=O) groups is 1. The molecule has 1 atom stereocenters. The molecule has 4 nitrogen and oxygen atoms in total. The molecule has 0 saturated carbocycles. The molecule has 29 heavy (non-hydrogen) atoms. The number of hydrogen-bond donors (Lipinski definition) is 1. The number of ether oxygens (including phenoxy) is 1. The molecule has 1 aliphatic rings. The van der Waals surface area contributed by atoms with Crippen LogP contribution in [-0.4, -0.2) is 25.3 Å². The molecule has 1 amide bonds. The van der Waals surface area contributed by atoms with Crippen LogP contribution in [0.15, 0.2) is 78.9 Å². The zero-order chi connectivity index (χ0) is 20.1. The Hall–Kier alpha value is -3.11. The van der Waals surface area contributed by atoms with Crippen molar-refractivity contribution < 1.29 is 9.53 Å². The smallest absolute Gasteiger partial charge is 0.414 e. The predicted octanol–water partition coefficient (Wildman–Crippen LogP) is 5.03. The van der Waals surface area contributed by atoms with E-state index in [1.165, 1.54) is 16.7 Å². The summed E-state index contributed by atoms with van der Waals surface area (Å²) in [6, 6.07) is 27.2. The normalized spacial score (nSPS) is 16.1. The number of cyclic esters (lactones) is 1. The standard InChI is InChI=1S/C25H26N2O2/c1-19-18-27(25(28)29-19)24-13-11-23(12-14-24)22-9-7-20(8-10-22)15-16-26-17-21-5-3-2-4-6-21/h2-14,19,26H,15-18H2,1H3. The van der Waals surface area contributed by atoms with Crippen LogP contribution in [0.5, 0.6) is 0 Å². The van der Waals surface area contributed by atoms with E-state index in [2.05, 4.69) is 66.0 Å². The van der Waals surface area contributed by atoms with Crippen LogP contribution in [0.3, 0.4) is 0 Å². The van der Waals surface area contributed by atoms with E-state index in [9.17, 15) is 4.79 Å². The lowest BCUT2D eigenvalue weighted by atomic mass is 10.0. The Morgan fingerprint density at radius 3 is 2.17 bits per heavy atom. The molecular weight excluding hydrogens is 360 g/mol. The fourth-order valence-electron chi connectivity index (χ4n) is 3.57. The van der Waals surface area contributed by atoms with Gasteiger partial charge in [-0.05, 0) is 54.3 Å². The predicted molar refractivity (Wildman–Crippen MR) is 117 cm³/mol. The van der Waals surface area contributed by atoms with E-state index in [1.807, 2.05) is 25.1 Å². The monoisotopic (exact) mass is 386 g/mol. The SMILES string of the molecule is CC1CN(c2ccc(-c3ccc(CCNCc4ccccc4)cc3)cc2)C(=O)O1. The Bertz CT molecular complexity index is 937. The lowest BCUT2D eigenvalue weighted by Crippen LogP contribution is -2.23. The topological polar surface area (TPSA) is 41.6 Å². The average molecular weight is 386 g/mol. The quantitative estimate of drug-likeness (QED) is 0.579. The molecule has 1 N–H and O–H groups in total. The highest BCUT2D eigenvalue weighted by Crippen LogP contribution is 2.26. The van der Waals surface area contributed by atoms with Gasteiger partial charge in [-0.1, -0.05) is 66.7 Å². The van der Waals surface area contributed by atoms with Crippen molar-refractivity contribution in [2.24, 2.45) is 0 Å². The van der Waals surface area contributed by atoms with Gasteiger partial charge in [-0.2, -0.15) is 0 Å². The van der Waals surface area contributed by atoms with Crippen LogP contribution in [0.4, 0.5) is 10.5 Å². The zero-order valence-electron chi connectivity index (χ0n) is 16.7. The number of nitrogens with zero attached hydrogens (tertiary/aromatic N) is 1. The maximum absolute atomic E-state index is 11.9. The number of hydrogen-bond acceptors (Lipinski definition) is 3. The number of nitrogens with one attached hydrogen (secondary N) is 1. The molecule has 0 spiro atoms. The van der Waals surface area contributed by atoms with Gasteiger partial charge in [0.05, 0.1) is 6.54 Å². The van der Waals surface area contributed by atoms with Crippen LogP contribution in [0.2, 0.25) is 0 Å². The summed E-state index contributed by atoms with van der Waals surface area (Å²) in [5.74, 6) is 0. The average Bonchev–Trinajstić information content (AvgIpc) is 3.10. The molecule has 0 bridgehead atoms. The van der Waals surface area contributed by atoms with Crippen molar-refractivity contribution in [1.29, 1.82) is 0 Å². The fourth-order valence-corrected chi connectivity index (χ4v) is 3.57. The van der Waals surface area contributed by atoms with Crippen LogP contribution in [-0.2, 0) is 17.7 Å². The Labute approximate surface area is 172 Å². The largest absolute Gasteiger partial charge is 0.444 e. The number of rotatable bonds is 7. The van der Waals surface area contributed by atoms with Crippen molar-refractivity contribution in [3.05, 3.63) is 90.0 Å². The molecule has 4 rings (SSSR count). The molecule has 0 aromatic heterocycles. The number of carbonyl (C=O) groups excluding carboxylic acids is 1. The lowest BCUT2D eigenvalue weighted by molar-refractivity contribution is 0.150. The van der Waals surface area contributed by atoms with E-state index in [0.29, 0.717) is 6.54 Å². The minimum atomic E-state index is -0.268. The molecule has 148 valence electrons. The van der Waals surface area contributed by atoms with Crippen molar-refractivity contribution in [2.45, 2.75) is 26.0 Å². The summed E-state index contributed by atoms with van der Waals surface area (Å²) in [6.07, 6.45) is 0.675. The maximum Gasteiger partial charge on any atom is 0.414 e. The minimum Gasteiger partial charge on any atom is -0.444 e. The first-order valence-corrected chi connectivity index (χ1v) is 10.1. The molecule has 1 unspecified atom stereocenters. The van der Waals surface area contributed by atoms with Crippen LogP contribution < -0.4 is 10.2 Å². The zero-order valence-corrected chi connectivity index (χ0v) is 16.7. The Kier molecular flexibility index (Phi) is 5.92. The number of amides is 1. The maximum atomic E-state index is 11.9. The highest BCUT2D eigenvalue weighted by molar-refractivity contribution is 5.90.